The zero-order valence-electron chi connectivity index (χ0n) is 10.7. The second-order valence-electron chi connectivity index (χ2n) is 5.07. The van der Waals surface area contributed by atoms with Crippen LogP contribution in [0.1, 0.15) is 23.7 Å². The molecule has 2 saturated heterocycles. The van der Waals surface area contributed by atoms with Crippen LogP contribution in [-0.2, 0) is 9.63 Å². The van der Waals surface area contributed by atoms with Crippen molar-refractivity contribution in [2.45, 2.75) is 25.4 Å². The van der Waals surface area contributed by atoms with E-state index >= 15 is 0 Å². The number of nitrogens with zero attached hydrogens (tertiary/aromatic N) is 1. The zero-order chi connectivity index (χ0) is 13.4. The Bertz CT molecular complexity index is 503. The van der Waals surface area contributed by atoms with Gasteiger partial charge in [0.2, 0.25) is 5.91 Å². The van der Waals surface area contributed by atoms with Gasteiger partial charge in [0.25, 0.3) is 0 Å². The molecule has 0 spiro atoms. The van der Waals surface area contributed by atoms with E-state index in [0.717, 1.165) is 6.42 Å². The average molecular weight is 260 g/mol. The molecule has 0 bridgehead atoms. The van der Waals surface area contributed by atoms with Gasteiger partial charge < -0.3 is 10.2 Å². The van der Waals surface area contributed by atoms with Gasteiger partial charge in [-0.1, -0.05) is 25.1 Å². The van der Waals surface area contributed by atoms with Crippen molar-refractivity contribution in [3.63, 3.8) is 0 Å². The quantitative estimate of drug-likeness (QED) is 0.860. The lowest BCUT2D eigenvalue weighted by atomic mass is 10.0. The fraction of sp³-hybridized carbons (Fsp3) is 0.429. The van der Waals surface area contributed by atoms with Crippen molar-refractivity contribution in [1.29, 1.82) is 0 Å². The molecule has 2 aliphatic heterocycles. The Morgan fingerprint density at radius 3 is 2.84 bits per heavy atom. The molecule has 0 aliphatic carbocycles. The molecule has 1 amide bonds. The Labute approximate surface area is 111 Å². The largest absolute Gasteiger partial charge is 0.364 e. The monoisotopic (exact) mass is 260 g/mol. The number of rotatable bonds is 2. The van der Waals surface area contributed by atoms with Crippen molar-refractivity contribution in [1.82, 2.24) is 10.4 Å². The average Bonchev–Trinajstić information content (AvgIpc) is 2.93. The number of benzene rings is 1. The van der Waals surface area contributed by atoms with Gasteiger partial charge in [-0.15, -0.1) is 5.06 Å². The molecule has 1 aromatic carbocycles. The van der Waals surface area contributed by atoms with Crippen LogP contribution < -0.4 is 5.32 Å². The first-order chi connectivity index (χ1) is 9.16. The summed E-state index contributed by atoms with van der Waals surface area (Å²) in [5.74, 6) is -0.473. The van der Waals surface area contributed by atoms with Crippen LogP contribution in [0.4, 0.5) is 0 Å². The van der Waals surface area contributed by atoms with Gasteiger partial charge in [-0.25, -0.2) is 4.79 Å². The Hall–Kier alpha value is -1.88. The van der Waals surface area contributed by atoms with E-state index in [2.05, 4.69) is 5.32 Å². The molecular weight excluding hydrogens is 244 g/mol. The molecule has 2 fully saturated rings. The predicted octanol–water partition coefficient (Wildman–Crippen LogP) is 0.967. The van der Waals surface area contributed by atoms with Crippen LogP contribution in [0.3, 0.4) is 0 Å². The van der Waals surface area contributed by atoms with Crippen molar-refractivity contribution < 1.29 is 14.4 Å². The number of hydrogen-bond acceptors (Lipinski definition) is 4. The van der Waals surface area contributed by atoms with Crippen LogP contribution in [0.25, 0.3) is 0 Å². The molecule has 5 nitrogen and oxygen atoms in total. The van der Waals surface area contributed by atoms with Crippen LogP contribution in [0.15, 0.2) is 30.3 Å². The third-order valence-corrected chi connectivity index (χ3v) is 3.87. The van der Waals surface area contributed by atoms with Gasteiger partial charge in [-0.3, -0.25) is 4.79 Å². The predicted molar refractivity (Wildman–Crippen MR) is 68.1 cm³/mol. The molecule has 1 N–H and O–H groups in total. The minimum absolute atomic E-state index is 0.0375. The highest BCUT2D eigenvalue weighted by molar-refractivity contribution is 5.89. The first kappa shape index (κ1) is 12.2. The number of amides is 1. The van der Waals surface area contributed by atoms with E-state index in [1.54, 1.807) is 29.3 Å². The van der Waals surface area contributed by atoms with E-state index in [4.69, 9.17) is 4.84 Å². The molecule has 0 saturated carbocycles. The lowest BCUT2D eigenvalue weighted by molar-refractivity contribution is -0.137. The fourth-order valence-corrected chi connectivity index (χ4v) is 2.85. The van der Waals surface area contributed by atoms with E-state index in [9.17, 15) is 9.59 Å². The molecule has 1 aromatic rings. The molecule has 5 heteroatoms. The van der Waals surface area contributed by atoms with Gasteiger partial charge >= 0.3 is 5.97 Å². The first-order valence-corrected chi connectivity index (χ1v) is 6.51. The van der Waals surface area contributed by atoms with Crippen LogP contribution >= 0.6 is 0 Å². The summed E-state index contributed by atoms with van der Waals surface area (Å²) in [6, 6.07) is 8.95. The molecule has 0 unspecified atom stereocenters. The second-order valence-corrected chi connectivity index (χ2v) is 5.07. The Morgan fingerprint density at radius 2 is 2.11 bits per heavy atom. The van der Waals surface area contributed by atoms with Gasteiger partial charge in [-0.05, 0) is 18.6 Å². The third-order valence-electron chi connectivity index (χ3n) is 3.87. The summed E-state index contributed by atoms with van der Waals surface area (Å²) in [6.45, 7) is 2.53. The van der Waals surface area contributed by atoms with Crippen molar-refractivity contribution in [3.05, 3.63) is 35.9 Å². The highest BCUT2D eigenvalue weighted by atomic mass is 16.7. The minimum atomic E-state index is -0.368. The Kier molecular flexibility index (Phi) is 2.98. The summed E-state index contributed by atoms with van der Waals surface area (Å²) in [7, 11) is 0. The topological polar surface area (TPSA) is 58.6 Å². The highest BCUT2D eigenvalue weighted by Crippen LogP contribution is 2.30. The van der Waals surface area contributed by atoms with Gasteiger partial charge in [0.05, 0.1) is 17.5 Å². The zero-order valence-corrected chi connectivity index (χ0v) is 10.7. The van der Waals surface area contributed by atoms with E-state index in [0.29, 0.717) is 12.1 Å². The van der Waals surface area contributed by atoms with Gasteiger partial charge in [-0.2, -0.15) is 0 Å². The van der Waals surface area contributed by atoms with Gasteiger partial charge in [0.1, 0.15) is 0 Å². The lowest BCUT2D eigenvalue weighted by Gasteiger charge is -2.23. The number of carbonyl (C=O) groups is 2. The lowest BCUT2D eigenvalue weighted by Crippen LogP contribution is -2.39. The Balaban J connectivity index is 1.71. The maximum absolute atomic E-state index is 12.0. The summed E-state index contributed by atoms with van der Waals surface area (Å²) >= 11 is 0. The standard InChI is InChI=1S/C14H16N2O3/c1-9-12-11(15-13(9)17)7-8-16(12)19-14(18)10-5-3-2-4-6-10/h2-6,9,11-12H,7-8H2,1H3,(H,15,17)/t9-,11-,12+/m0/s1. The normalized spacial score (nSPS) is 29.9. The molecule has 2 aliphatic rings. The summed E-state index contributed by atoms with van der Waals surface area (Å²) in [4.78, 5) is 29.1. The maximum atomic E-state index is 12.0. The van der Waals surface area contributed by atoms with Gasteiger partial charge in [0.15, 0.2) is 0 Å². The molecule has 3 rings (SSSR count). The number of nitrogens with one attached hydrogen (secondary N) is 1. The molecule has 3 atom stereocenters. The molecule has 0 radical (unpaired) electrons. The summed E-state index contributed by atoms with van der Waals surface area (Å²) in [5.41, 5.74) is 0.524. The summed E-state index contributed by atoms with van der Waals surface area (Å²) in [6.07, 6.45) is 0.822. The van der Waals surface area contributed by atoms with Crippen molar-refractivity contribution in [2.24, 2.45) is 5.92 Å². The van der Waals surface area contributed by atoms with Crippen LogP contribution in [0.2, 0.25) is 0 Å². The van der Waals surface area contributed by atoms with Crippen molar-refractivity contribution in [2.75, 3.05) is 6.54 Å². The first-order valence-electron chi connectivity index (χ1n) is 6.51. The number of hydrogen-bond donors (Lipinski definition) is 1. The Morgan fingerprint density at radius 1 is 1.37 bits per heavy atom. The fourth-order valence-electron chi connectivity index (χ4n) is 2.85. The van der Waals surface area contributed by atoms with Crippen molar-refractivity contribution >= 4 is 11.9 Å². The molecule has 100 valence electrons. The van der Waals surface area contributed by atoms with Crippen molar-refractivity contribution in [3.8, 4) is 0 Å². The number of fused-ring (bicyclic) bond motifs is 1. The van der Waals surface area contributed by atoms with Crippen LogP contribution in [-0.4, -0.2) is 35.6 Å². The number of carbonyl (C=O) groups excluding carboxylic acids is 2. The van der Waals surface area contributed by atoms with E-state index in [1.807, 2.05) is 13.0 Å². The molecule has 2 heterocycles. The SMILES string of the molecule is C[C@@H]1C(=O)N[C@H]2CCN(OC(=O)c3ccccc3)[C@@H]21. The molecule has 19 heavy (non-hydrogen) atoms. The van der Waals surface area contributed by atoms with E-state index < -0.39 is 0 Å². The minimum Gasteiger partial charge on any atom is -0.364 e. The highest BCUT2D eigenvalue weighted by Gasteiger charge is 2.48. The molecule has 0 aromatic heterocycles. The van der Waals surface area contributed by atoms with Crippen LogP contribution in [0.5, 0.6) is 0 Å². The summed E-state index contributed by atoms with van der Waals surface area (Å²) < 4.78 is 0. The molecular formula is C14H16N2O3. The van der Waals surface area contributed by atoms with Crippen LogP contribution in [0, 0.1) is 5.92 Å². The smallest absolute Gasteiger partial charge is 0.357 e. The number of hydroxylamine groups is 2. The third kappa shape index (κ3) is 2.10. The van der Waals surface area contributed by atoms with E-state index in [-0.39, 0.29) is 29.9 Å². The summed E-state index contributed by atoms with van der Waals surface area (Å²) in [5, 5.41) is 4.59. The van der Waals surface area contributed by atoms with E-state index in [1.165, 1.54) is 0 Å². The second kappa shape index (κ2) is 4.66. The van der Waals surface area contributed by atoms with Gasteiger partial charge in [0, 0.05) is 12.6 Å². The maximum Gasteiger partial charge on any atom is 0.357 e.